The van der Waals surface area contributed by atoms with Crippen LogP contribution >= 0.6 is 0 Å². The smallest absolute Gasteiger partial charge is 0.339 e. The number of carbonyl (C=O) groups is 2. The highest BCUT2D eigenvalue weighted by atomic mass is 19.1. The topological polar surface area (TPSA) is 95.9 Å². The third-order valence-corrected chi connectivity index (χ3v) is 6.13. The molecule has 3 atom stereocenters. The third-order valence-electron chi connectivity index (χ3n) is 6.13. The minimum atomic E-state index is -1.33. The Morgan fingerprint density at radius 2 is 1.93 bits per heavy atom. The van der Waals surface area contributed by atoms with E-state index in [1.807, 2.05) is 0 Å². The fourth-order valence-corrected chi connectivity index (χ4v) is 4.67. The number of ether oxygens (including phenoxy) is 1. The van der Waals surface area contributed by atoms with Gasteiger partial charge in [-0.1, -0.05) is 12.5 Å². The number of hydrogen-bond donors (Lipinski definition) is 3. The summed E-state index contributed by atoms with van der Waals surface area (Å²) in [4.78, 5) is 24.2. The van der Waals surface area contributed by atoms with Crippen molar-refractivity contribution in [2.45, 2.75) is 31.7 Å². The molecule has 0 saturated heterocycles. The molecule has 2 saturated carbocycles. The van der Waals surface area contributed by atoms with Crippen molar-refractivity contribution in [3.05, 3.63) is 47.3 Å². The first-order valence-corrected chi connectivity index (χ1v) is 9.62. The zero-order chi connectivity index (χ0) is 20.7. The molecule has 29 heavy (non-hydrogen) atoms. The highest BCUT2D eigenvalue weighted by Gasteiger charge is 2.40. The summed E-state index contributed by atoms with van der Waals surface area (Å²) < 4.78 is 19.9. The van der Waals surface area contributed by atoms with Crippen LogP contribution in [0.4, 0.5) is 4.39 Å². The monoisotopic (exact) mass is 399 g/mol. The Balaban J connectivity index is 1.69. The van der Waals surface area contributed by atoms with E-state index in [0.717, 1.165) is 25.3 Å². The molecule has 0 radical (unpaired) electrons. The molecule has 0 aromatic heterocycles. The summed E-state index contributed by atoms with van der Waals surface area (Å²) in [7, 11) is 1.37. The quantitative estimate of drug-likeness (QED) is 0.710. The van der Waals surface area contributed by atoms with Gasteiger partial charge >= 0.3 is 5.97 Å². The molecule has 2 aromatic rings. The molecule has 2 bridgehead atoms. The van der Waals surface area contributed by atoms with Crippen LogP contribution in [0.15, 0.2) is 30.3 Å². The molecule has 0 unspecified atom stereocenters. The molecule has 2 aliphatic carbocycles. The maximum atomic E-state index is 14.7. The normalized spacial score (nSPS) is 22.5. The number of phenols is 1. The van der Waals surface area contributed by atoms with Gasteiger partial charge in [-0.15, -0.1) is 0 Å². The van der Waals surface area contributed by atoms with Crippen molar-refractivity contribution < 1.29 is 28.9 Å². The number of hydrogen-bond acceptors (Lipinski definition) is 4. The highest BCUT2D eigenvalue weighted by molar-refractivity contribution is 5.99. The molecule has 6 nitrogen and oxygen atoms in total. The average molecular weight is 399 g/mol. The minimum Gasteiger partial charge on any atom is -0.507 e. The molecule has 0 heterocycles. The van der Waals surface area contributed by atoms with Gasteiger partial charge in [-0.3, -0.25) is 4.79 Å². The molecule has 2 fully saturated rings. The van der Waals surface area contributed by atoms with Crippen LogP contribution in [0.2, 0.25) is 0 Å². The molecule has 2 aromatic carbocycles. The maximum Gasteiger partial charge on any atom is 0.339 e. The molecule has 0 aliphatic heterocycles. The van der Waals surface area contributed by atoms with Gasteiger partial charge in [0.05, 0.1) is 12.7 Å². The van der Waals surface area contributed by atoms with E-state index in [1.54, 1.807) is 0 Å². The first-order chi connectivity index (χ1) is 13.9. The van der Waals surface area contributed by atoms with Crippen molar-refractivity contribution in [1.29, 1.82) is 0 Å². The number of nitrogens with one attached hydrogen (secondary N) is 1. The number of aromatic carboxylic acids is 1. The molecule has 7 heteroatoms. The Labute approximate surface area is 167 Å². The second-order valence-electron chi connectivity index (χ2n) is 7.82. The second kappa shape index (κ2) is 7.39. The van der Waals surface area contributed by atoms with E-state index in [9.17, 15) is 24.2 Å². The summed E-state index contributed by atoms with van der Waals surface area (Å²) in [5.74, 6) is -1.45. The zero-order valence-corrected chi connectivity index (χ0v) is 15.9. The molecular weight excluding hydrogens is 377 g/mol. The van der Waals surface area contributed by atoms with E-state index in [2.05, 4.69) is 5.32 Å². The lowest BCUT2D eigenvalue weighted by molar-refractivity contribution is 0.0693. The zero-order valence-electron chi connectivity index (χ0n) is 15.9. The predicted molar refractivity (Wildman–Crippen MR) is 104 cm³/mol. The molecule has 2 aliphatic rings. The SMILES string of the molecule is COc1cc(F)c(-c2ccc(O)c(C(=O)O)c2)cc1C(=O)N[C@H]1C[C@@H]2CC[C@H]1C2. The van der Waals surface area contributed by atoms with Gasteiger partial charge < -0.3 is 20.3 Å². The molecule has 3 N–H and O–H groups in total. The number of benzene rings is 2. The number of amides is 1. The molecule has 1 amide bonds. The van der Waals surface area contributed by atoms with E-state index in [1.165, 1.54) is 37.8 Å². The van der Waals surface area contributed by atoms with Crippen LogP contribution < -0.4 is 10.1 Å². The van der Waals surface area contributed by atoms with E-state index >= 15 is 0 Å². The Bertz CT molecular complexity index is 989. The predicted octanol–water partition coefficient (Wildman–Crippen LogP) is 3.82. The van der Waals surface area contributed by atoms with Gasteiger partial charge in [0, 0.05) is 17.7 Å². The van der Waals surface area contributed by atoms with Gasteiger partial charge in [-0.05, 0) is 54.9 Å². The summed E-state index contributed by atoms with van der Waals surface area (Å²) in [5, 5.41) is 22.0. The van der Waals surface area contributed by atoms with Crippen molar-refractivity contribution in [3.8, 4) is 22.6 Å². The van der Waals surface area contributed by atoms with Gasteiger partial charge in [0.1, 0.15) is 22.9 Å². The highest BCUT2D eigenvalue weighted by Crippen LogP contribution is 2.44. The van der Waals surface area contributed by atoms with Crippen LogP contribution in [0, 0.1) is 17.7 Å². The van der Waals surface area contributed by atoms with Crippen molar-refractivity contribution in [3.63, 3.8) is 0 Å². The van der Waals surface area contributed by atoms with E-state index in [-0.39, 0.29) is 40.0 Å². The van der Waals surface area contributed by atoms with Crippen LogP contribution in [-0.2, 0) is 0 Å². The van der Waals surface area contributed by atoms with Crippen LogP contribution in [-0.4, -0.2) is 35.2 Å². The average Bonchev–Trinajstić information content (AvgIpc) is 3.31. The van der Waals surface area contributed by atoms with Crippen molar-refractivity contribution >= 4 is 11.9 Å². The maximum absolute atomic E-state index is 14.7. The number of rotatable bonds is 5. The van der Waals surface area contributed by atoms with Crippen molar-refractivity contribution in [1.82, 2.24) is 5.32 Å². The number of methoxy groups -OCH3 is 1. The summed E-state index contributed by atoms with van der Waals surface area (Å²) in [6.45, 7) is 0. The van der Waals surface area contributed by atoms with Gasteiger partial charge in [0.15, 0.2) is 0 Å². The molecular formula is C22H22FNO5. The summed E-state index contributed by atoms with van der Waals surface area (Å²) in [6.07, 6.45) is 4.44. The first-order valence-electron chi connectivity index (χ1n) is 9.62. The number of fused-ring (bicyclic) bond motifs is 2. The Hall–Kier alpha value is -3.09. The van der Waals surface area contributed by atoms with Crippen LogP contribution in [0.5, 0.6) is 11.5 Å². The third kappa shape index (κ3) is 3.52. The van der Waals surface area contributed by atoms with E-state index in [0.29, 0.717) is 11.8 Å². The lowest BCUT2D eigenvalue weighted by Crippen LogP contribution is -2.38. The largest absolute Gasteiger partial charge is 0.507 e. The summed E-state index contributed by atoms with van der Waals surface area (Å²) in [5.41, 5.74) is 0.156. The Morgan fingerprint density at radius 3 is 2.55 bits per heavy atom. The molecule has 0 spiro atoms. The van der Waals surface area contributed by atoms with E-state index in [4.69, 9.17) is 4.74 Å². The van der Waals surface area contributed by atoms with Gasteiger partial charge in [0.25, 0.3) is 5.91 Å². The number of carboxylic acids is 1. The second-order valence-corrected chi connectivity index (χ2v) is 7.82. The lowest BCUT2D eigenvalue weighted by Gasteiger charge is -2.23. The molecule has 152 valence electrons. The van der Waals surface area contributed by atoms with Gasteiger partial charge in [-0.25, -0.2) is 9.18 Å². The molecule has 4 rings (SSSR count). The first kappa shape index (κ1) is 19.2. The number of halogens is 1. The van der Waals surface area contributed by atoms with Crippen molar-refractivity contribution in [2.75, 3.05) is 7.11 Å². The number of carbonyl (C=O) groups excluding carboxylic acids is 1. The fourth-order valence-electron chi connectivity index (χ4n) is 4.67. The van der Waals surface area contributed by atoms with Crippen molar-refractivity contribution in [2.24, 2.45) is 11.8 Å². The van der Waals surface area contributed by atoms with Gasteiger partial charge in [0.2, 0.25) is 0 Å². The lowest BCUT2D eigenvalue weighted by atomic mass is 9.94. The standard InChI is InChI=1S/C22H22FNO5/c1-29-20-10-17(23)14(12-4-5-19(25)15(8-12)22(27)28)9-16(20)21(26)24-18-7-11-2-3-13(18)6-11/h4-5,8-11,13,18,25H,2-3,6-7H2,1H3,(H,24,26)(H,27,28)/t11-,13+,18+/m1/s1. The Kier molecular flexibility index (Phi) is 4.90. The fraction of sp³-hybridized carbons (Fsp3) is 0.364. The summed E-state index contributed by atoms with van der Waals surface area (Å²) >= 11 is 0. The van der Waals surface area contributed by atoms with Crippen LogP contribution in [0.3, 0.4) is 0 Å². The minimum absolute atomic E-state index is 0.0615. The Morgan fingerprint density at radius 1 is 1.14 bits per heavy atom. The number of aromatic hydroxyl groups is 1. The van der Waals surface area contributed by atoms with Gasteiger partial charge in [-0.2, -0.15) is 0 Å². The van der Waals surface area contributed by atoms with Crippen LogP contribution in [0.25, 0.3) is 11.1 Å². The van der Waals surface area contributed by atoms with Crippen LogP contribution in [0.1, 0.15) is 46.4 Å². The number of carboxylic acid groups (broad SMARTS) is 1. The van der Waals surface area contributed by atoms with E-state index < -0.39 is 17.5 Å². The summed E-state index contributed by atoms with van der Waals surface area (Å²) in [6, 6.07) is 6.39.